The van der Waals surface area contributed by atoms with Gasteiger partial charge in [0.25, 0.3) is 5.91 Å². The molecule has 2 atom stereocenters. The molecule has 1 fully saturated rings. The first-order chi connectivity index (χ1) is 6.49. The van der Waals surface area contributed by atoms with Gasteiger partial charge in [0.1, 0.15) is 6.04 Å². The summed E-state index contributed by atoms with van der Waals surface area (Å²) in [5, 5.41) is 3.75. The molecule has 80 valence electrons. The molecule has 1 N–H and O–H groups in total. The van der Waals surface area contributed by atoms with Crippen molar-refractivity contribution < 1.29 is 9.59 Å². The van der Waals surface area contributed by atoms with Gasteiger partial charge in [-0.05, 0) is 5.41 Å². The van der Waals surface area contributed by atoms with Crippen molar-refractivity contribution in [2.24, 2.45) is 0 Å². The minimum Gasteiger partial charge on any atom is -0.343 e. The first-order valence-electron chi connectivity index (χ1n) is 4.06. The van der Waals surface area contributed by atoms with Crippen molar-refractivity contribution in [3.8, 4) is 0 Å². The summed E-state index contributed by atoms with van der Waals surface area (Å²) in [4.78, 5) is 23.9. The van der Waals surface area contributed by atoms with E-state index >= 15 is 0 Å². The predicted molar refractivity (Wildman–Crippen MR) is 71.7 cm³/mol. The van der Waals surface area contributed by atoms with E-state index in [1.807, 2.05) is 0 Å². The van der Waals surface area contributed by atoms with Gasteiger partial charge in [0.15, 0.2) is 0 Å². The molecule has 1 aliphatic rings. The smallest absolute Gasteiger partial charge is 0.250 e. The van der Waals surface area contributed by atoms with Crippen LogP contribution in [0.2, 0.25) is 0 Å². The van der Waals surface area contributed by atoms with Crippen LogP contribution in [-0.4, -0.2) is 94.2 Å². The molecule has 2 amide bonds. The Labute approximate surface area is 150 Å². The number of nitrogens with one attached hydrogen (secondary N) is 1. The third kappa shape index (κ3) is 4.24. The van der Waals surface area contributed by atoms with Crippen LogP contribution >= 0.6 is 25.3 Å². The largest absolute Gasteiger partial charge is 0.343 e. The molecule has 8 heteroatoms. The van der Waals surface area contributed by atoms with Crippen LogP contribution in [0.15, 0.2) is 11.1 Å². The molecular formula is C8H12N2Na2O2S2. The van der Waals surface area contributed by atoms with Crippen molar-refractivity contribution in [2.45, 2.75) is 18.2 Å². The first-order valence-corrected chi connectivity index (χ1v) is 5.09. The zero-order chi connectivity index (χ0) is 10.9. The van der Waals surface area contributed by atoms with Gasteiger partial charge in [0, 0.05) is 78.8 Å². The van der Waals surface area contributed by atoms with Crippen molar-refractivity contribution in [2.75, 3.05) is 7.05 Å². The number of nitrogens with zero attached hydrogens (tertiary/aromatic N) is 1. The van der Waals surface area contributed by atoms with E-state index in [0.29, 0.717) is 5.70 Å². The molecule has 0 spiro atoms. The van der Waals surface area contributed by atoms with Crippen LogP contribution in [0.3, 0.4) is 0 Å². The maximum Gasteiger partial charge on any atom is 0.250 e. The molecule has 16 heavy (non-hydrogen) atoms. The summed E-state index contributed by atoms with van der Waals surface area (Å²) in [5.41, 5.74) is 0.695. The fraction of sp³-hybridized carbons (Fsp3) is 0.500. The average molecular weight is 278 g/mol. The quantitative estimate of drug-likeness (QED) is 0.437. The number of likely N-dealkylation sites (tertiary alicyclic amines) is 1. The van der Waals surface area contributed by atoms with E-state index in [4.69, 9.17) is 0 Å². The monoisotopic (exact) mass is 278 g/mol. The third-order valence-electron chi connectivity index (χ3n) is 2.09. The minimum absolute atomic E-state index is 0. The maximum atomic E-state index is 11.6. The number of hydrogen-bond donors (Lipinski definition) is 3. The summed E-state index contributed by atoms with van der Waals surface area (Å²) in [6.07, 6.45) is 0. The summed E-state index contributed by atoms with van der Waals surface area (Å²) in [7, 11) is 1.63. The van der Waals surface area contributed by atoms with Crippen molar-refractivity contribution in [1.82, 2.24) is 10.2 Å². The summed E-state index contributed by atoms with van der Waals surface area (Å²) in [6, 6.07) is -0.584. The van der Waals surface area contributed by atoms with Crippen LogP contribution in [0.5, 0.6) is 0 Å². The molecular weight excluding hydrogens is 266 g/mol. The van der Waals surface area contributed by atoms with Gasteiger partial charge < -0.3 is 10.2 Å². The van der Waals surface area contributed by atoms with E-state index in [9.17, 15) is 9.59 Å². The summed E-state index contributed by atoms with van der Waals surface area (Å²) in [6.45, 7) is 1.37. The van der Waals surface area contributed by atoms with Crippen molar-refractivity contribution in [3.63, 3.8) is 0 Å². The normalized spacial score (nSPS) is 26.1. The minimum atomic E-state index is -0.584. The summed E-state index contributed by atoms with van der Waals surface area (Å²) < 4.78 is 0. The van der Waals surface area contributed by atoms with Crippen LogP contribution < -0.4 is 5.32 Å². The zero-order valence-electron chi connectivity index (χ0n) is 9.89. The predicted octanol–water partition coefficient (Wildman–Crippen LogP) is -0.729. The second kappa shape index (κ2) is 8.48. The second-order valence-electron chi connectivity index (χ2n) is 3.07. The second-order valence-corrected chi connectivity index (χ2v) is 3.89. The first kappa shape index (κ1) is 19.7. The van der Waals surface area contributed by atoms with E-state index in [0.717, 1.165) is 0 Å². The van der Waals surface area contributed by atoms with Crippen molar-refractivity contribution in [1.29, 1.82) is 0 Å². The van der Waals surface area contributed by atoms with E-state index in [2.05, 4.69) is 30.6 Å². The average Bonchev–Trinajstić information content (AvgIpc) is 2.30. The number of thiol groups is 2. The molecule has 1 saturated heterocycles. The standard InChI is InChI=1S/C8H12N2O2S2.2Na/c1-4(11)9-6-7(14)5(3-13)10(2)8(6)12;;/h3,6-7,13-14H,1-2H3,(H,9,11);;. The van der Waals surface area contributed by atoms with E-state index in [1.165, 1.54) is 17.2 Å². The summed E-state index contributed by atoms with van der Waals surface area (Å²) >= 11 is 8.25. The molecule has 0 saturated carbocycles. The van der Waals surface area contributed by atoms with Gasteiger partial charge in [-0.2, -0.15) is 12.6 Å². The Bertz CT molecular complexity index is 312. The molecule has 0 aromatic rings. The van der Waals surface area contributed by atoms with Crippen LogP contribution in [0.4, 0.5) is 0 Å². The van der Waals surface area contributed by atoms with Gasteiger partial charge in [0.2, 0.25) is 5.91 Å². The van der Waals surface area contributed by atoms with Crippen molar-refractivity contribution in [3.05, 3.63) is 11.1 Å². The number of hydrogen-bond acceptors (Lipinski definition) is 4. The molecule has 0 bridgehead atoms. The molecule has 1 aliphatic heterocycles. The molecule has 1 rings (SSSR count). The molecule has 4 nitrogen and oxygen atoms in total. The Hall–Kier alpha value is 1.38. The number of rotatable bonds is 1. The fourth-order valence-electron chi connectivity index (χ4n) is 1.36. The van der Waals surface area contributed by atoms with Crippen LogP contribution in [0, 0.1) is 0 Å². The Balaban J connectivity index is 0. The summed E-state index contributed by atoms with van der Waals surface area (Å²) in [5.74, 6) is -0.406. The number of carbonyl (C=O) groups is 2. The van der Waals surface area contributed by atoms with E-state index in [-0.39, 0.29) is 76.2 Å². The molecule has 0 aromatic carbocycles. The van der Waals surface area contributed by atoms with Gasteiger partial charge in [-0.1, -0.05) is 0 Å². The zero-order valence-corrected chi connectivity index (χ0v) is 15.7. The van der Waals surface area contributed by atoms with Crippen LogP contribution in [-0.2, 0) is 9.59 Å². The fourth-order valence-corrected chi connectivity index (χ4v) is 2.26. The maximum absolute atomic E-state index is 11.6. The Morgan fingerprint density at radius 1 is 1.50 bits per heavy atom. The topological polar surface area (TPSA) is 49.4 Å². The molecule has 1 heterocycles. The number of amides is 2. The van der Waals surface area contributed by atoms with Gasteiger partial charge in [0.05, 0.1) is 5.25 Å². The molecule has 0 aromatic heterocycles. The number of likely N-dealkylation sites (N-methyl/N-ethyl adjacent to an activating group) is 1. The van der Waals surface area contributed by atoms with Gasteiger partial charge in [-0.15, -0.1) is 12.6 Å². The number of carbonyl (C=O) groups excluding carboxylic acids is 2. The van der Waals surface area contributed by atoms with Gasteiger partial charge in [-0.3, -0.25) is 9.59 Å². The van der Waals surface area contributed by atoms with E-state index in [1.54, 1.807) is 7.05 Å². The SMILES string of the molecule is CC(=O)NC1C(=O)N(C)C(=CS)C1S.[Na].[Na]. The van der Waals surface area contributed by atoms with Crippen LogP contribution in [0.1, 0.15) is 6.92 Å². The Morgan fingerprint density at radius 3 is 2.31 bits per heavy atom. The molecule has 2 unspecified atom stereocenters. The third-order valence-corrected chi connectivity index (χ3v) is 2.92. The molecule has 2 radical (unpaired) electrons. The Morgan fingerprint density at radius 2 is 2.00 bits per heavy atom. The van der Waals surface area contributed by atoms with Gasteiger partial charge in [-0.25, -0.2) is 0 Å². The molecule has 0 aliphatic carbocycles. The van der Waals surface area contributed by atoms with Crippen LogP contribution in [0.25, 0.3) is 0 Å². The Kier molecular flexibility index (Phi) is 10.4. The van der Waals surface area contributed by atoms with Crippen molar-refractivity contribution >= 4 is 96.2 Å². The van der Waals surface area contributed by atoms with E-state index < -0.39 is 6.04 Å². The van der Waals surface area contributed by atoms with Gasteiger partial charge >= 0.3 is 0 Å².